The maximum Gasteiger partial charge on any atom is 0.290 e. The molecular weight excluding hydrogens is 461 g/mol. The second-order valence-corrected chi connectivity index (χ2v) is 12.2. The fraction of sp³-hybridized carbons (Fsp3) is 0.724. The number of hydrogen-bond acceptors (Lipinski definition) is 4. The van der Waals surface area contributed by atoms with Gasteiger partial charge in [-0.2, -0.15) is 0 Å². The van der Waals surface area contributed by atoms with Crippen molar-refractivity contribution < 1.29 is 28.6 Å². The van der Waals surface area contributed by atoms with Crippen molar-refractivity contribution in [1.29, 1.82) is 0 Å². The number of carbonyl (C=O) groups excluding carboxylic acids is 1. The Morgan fingerprint density at radius 3 is 2.33 bits per heavy atom. The Bertz CT molecular complexity index is 928. The number of fused-ring (bicyclic) bond motifs is 2. The lowest BCUT2D eigenvalue weighted by Crippen LogP contribution is -2.43. The van der Waals surface area contributed by atoms with E-state index in [2.05, 4.69) is 20.8 Å². The van der Waals surface area contributed by atoms with Crippen molar-refractivity contribution in [3.63, 3.8) is 0 Å². The van der Waals surface area contributed by atoms with Gasteiger partial charge in [0.25, 0.3) is 12.4 Å². The minimum absolute atomic E-state index is 0.0152. The molecule has 0 spiro atoms. The normalized spacial score (nSPS) is 33.5. The van der Waals surface area contributed by atoms with Crippen LogP contribution in [0.25, 0.3) is 0 Å². The molecule has 1 heterocycles. The van der Waals surface area contributed by atoms with Gasteiger partial charge < -0.3 is 19.5 Å². The number of amides is 1. The van der Waals surface area contributed by atoms with Gasteiger partial charge in [-0.1, -0.05) is 20.8 Å². The zero-order chi connectivity index (χ0) is 26.0. The molecule has 1 N–H and O–H groups in total. The van der Waals surface area contributed by atoms with E-state index in [0.29, 0.717) is 31.4 Å². The summed E-state index contributed by atoms with van der Waals surface area (Å²) in [6.45, 7) is 8.37. The fourth-order valence-electron chi connectivity index (χ4n) is 7.47. The second-order valence-electron chi connectivity index (χ2n) is 12.2. The van der Waals surface area contributed by atoms with Crippen molar-refractivity contribution in [3.05, 3.63) is 29.1 Å². The average molecular weight is 504 g/mol. The molecule has 6 nitrogen and oxygen atoms in total. The van der Waals surface area contributed by atoms with Gasteiger partial charge in [-0.3, -0.25) is 9.59 Å². The van der Waals surface area contributed by atoms with Crippen LogP contribution in [0.1, 0.15) is 87.6 Å². The fourth-order valence-corrected chi connectivity index (χ4v) is 7.47. The summed E-state index contributed by atoms with van der Waals surface area (Å²) >= 11 is 0. The number of nitrogens with zero attached hydrogens (tertiary/aromatic N) is 1. The van der Waals surface area contributed by atoms with Gasteiger partial charge in [-0.25, -0.2) is 4.39 Å². The van der Waals surface area contributed by atoms with E-state index in [1.807, 2.05) is 0 Å². The van der Waals surface area contributed by atoms with Crippen LogP contribution in [0.3, 0.4) is 0 Å². The number of likely N-dealkylation sites (tertiary alicyclic amines) is 1. The number of hydrogen-bond donors (Lipinski definition) is 1. The molecule has 0 radical (unpaired) electrons. The predicted octanol–water partition coefficient (Wildman–Crippen LogP) is 5.74. The van der Waals surface area contributed by atoms with E-state index in [-0.39, 0.29) is 35.4 Å². The molecule has 4 atom stereocenters. The summed E-state index contributed by atoms with van der Waals surface area (Å²) in [7, 11) is 1.68. The summed E-state index contributed by atoms with van der Waals surface area (Å²) in [5.74, 6) is 2.89. The van der Waals surface area contributed by atoms with Gasteiger partial charge in [0.05, 0.1) is 18.3 Å². The smallest absolute Gasteiger partial charge is 0.290 e. The van der Waals surface area contributed by atoms with Crippen LogP contribution in [-0.4, -0.2) is 55.3 Å². The van der Waals surface area contributed by atoms with E-state index >= 15 is 4.39 Å². The summed E-state index contributed by atoms with van der Waals surface area (Å²) in [5.41, 5.74) is 1.42. The van der Waals surface area contributed by atoms with E-state index in [9.17, 15) is 4.79 Å². The summed E-state index contributed by atoms with van der Waals surface area (Å²) in [6, 6.07) is 3.30. The molecule has 1 saturated heterocycles. The third-order valence-electron chi connectivity index (χ3n) is 8.77. The van der Waals surface area contributed by atoms with Crippen LogP contribution in [0.5, 0.6) is 5.75 Å². The van der Waals surface area contributed by atoms with E-state index in [0.717, 1.165) is 36.2 Å². The highest BCUT2D eigenvalue weighted by Gasteiger charge is 2.45. The van der Waals surface area contributed by atoms with Crippen LogP contribution in [0, 0.1) is 34.9 Å². The van der Waals surface area contributed by atoms with Crippen LogP contribution >= 0.6 is 0 Å². The third-order valence-corrected chi connectivity index (χ3v) is 8.77. The molecule has 4 aliphatic rings. The lowest BCUT2D eigenvalue weighted by molar-refractivity contribution is -0.122. The highest BCUT2D eigenvalue weighted by molar-refractivity contribution is 5.95. The minimum Gasteiger partial charge on any atom is -0.493 e. The van der Waals surface area contributed by atoms with Crippen LogP contribution < -0.4 is 4.74 Å². The second kappa shape index (κ2) is 11.1. The first-order chi connectivity index (χ1) is 17.2. The van der Waals surface area contributed by atoms with Crippen molar-refractivity contribution in [1.82, 2.24) is 4.90 Å². The molecule has 2 bridgehead atoms. The number of halogens is 1. The standard InChI is InChI=1S/C28H40FNO3.CH2O2/c1-17-7-20-8-18(2)12-28(11-17,13-20)16-33-25-10-24(29)23(9-22(25)21-5-6-21)27(31)30-14-19(3)26(15-30)32-4;2-1-3/h9-10,17-21,26H,5-8,11-16H2,1-4H3;1H,(H,2,3). The monoisotopic (exact) mass is 503 g/mol. The number of rotatable bonds is 6. The summed E-state index contributed by atoms with van der Waals surface area (Å²) in [4.78, 5) is 23.3. The van der Waals surface area contributed by atoms with Crippen molar-refractivity contribution in [2.45, 2.75) is 77.7 Å². The molecule has 4 fully saturated rings. The van der Waals surface area contributed by atoms with Crippen LogP contribution in [-0.2, 0) is 9.53 Å². The first-order valence-electron chi connectivity index (χ1n) is 13.5. The first-order valence-corrected chi connectivity index (χ1v) is 13.5. The topological polar surface area (TPSA) is 76.1 Å². The molecule has 5 rings (SSSR count). The highest BCUT2D eigenvalue weighted by Crippen LogP contribution is 2.53. The van der Waals surface area contributed by atoms with Crippen molar-refractivity contribution in [2.75, 3.05) is 26.8 Å². The Hall–Kier alpha value is -2.15. The molecule has 3 aliphatic carbocycles. The number of ether oxygens (including phenoxy) is 2. The number of benzene rings is 1. The van der Waals surface area contributed by atoms with Gasteiger partial charge in [-0.05, 0) is 80.2 Å². The van der Waals surface area contributed by atoms with E-state index in [1.165, 1.54) is 38.2 Å². The summed E-state index contributed by atoms with van der Waals surface area (Å²) in [5, 5.41) is 6.89. The van der Waals surface area contributed by atoms with Crippen LogP contribution in [0.15, 0.2) is 12.1 Å². The number of carboxylic acid groups (broad SMARTS) is 1. The van der Waals surface area contributed by atoms with Gasteiger partial charge >= 0.3 is 0 Å². The Morgan fingerprint density at radius 2 is 1.78 bits per heavy atom. The van der Waals surface area contributed by atoms with E-state index < -0.39 is 5.82 Å². The summed E-state index contributed by atoms with van der Waals surface area (Å²) < 4.78 is 27.2. The predicted molar refractivity (Wildman–Crippen MR) is 136 cm³/mol. The zero-order valence-electron chi connectivity index (χ0n) is 22.2. The Morgan fingerprint density at radius 1 is 1.14 bits per heavy atom. The quantitative estimate of drug-likeness (QED) is 0.501. The SMILES string of the molecule is COC1CN(C(=O)c2cc(C3CC3)c(OCC34CC(C)CC(CC(C)C3)C4)cc2F)CC1C.O=CO. The maximum absolute atomic E-state index is 15.3. The van der Waals surface area contributed by atoms with Gasteiger partial charge in [0.1, 0.15) is 11.6 Å². The number of methoxy groups -OCH3 is 1. The third kappa shape index (κ3) is 5.87. The minimum atomic E-state index is -0.461. The van der Waals surface area contributed by atoms with Crippen molar-refractivity contribution in [2.24, 2.45) is 29.1 Å². The molecule has 1 aliphatic heterocycles. The van der Waals surface area contributed by atoms with E-state index in [4.69, 9.17) is 19.4 Å². The van der Waals surface area contributed by atoms with Crippen LogP contribution in [0.4, 0.5) is 4.39 Å². The molecule has 3 saturated carbocycles. The molecule has 4 unspecified atom stereocenters. The molecule has 1 amide bonds. The van der Waals surface area contributed by atoms with Gasteiger partial charge in [-0.15, -0.1) is 0 Å². The highest BCUT2D eigenvalue weighted by atomic mass is 19.1. The first kappa shape index (κ1) is 26.9. The number of carbonyl (C=O) groups is 2. The Balaban J connectivity index is 0.000000967. The lowest BCUT2D eigenvalue weighted by Gasteiger charge is -2.49. The maximum atomic E-state index is 15.3. The van der Waals surface area contributed by atoms with E-state index in [1.54, 1.807) is 18.1 Å². The molecule has 1 aromatic carbocycles. The van der Waals surface area contributed by atoms with Gasteiger partial charge in [0.2, 0.25) is 0 Å². The molecule has 36 heavy (non-hydrogen) atoms. The Labute approximate surface area is 214 Å². The van der Waals surface area contributed by atoms with Gasteiger partial charge in [0.15, 0.2) is 0 Å². The molecule has 1 aromatic rings. The Kier molecular flexibility index (Phi) is 8.28. The van der Waals surface area contributed by atoms with Gasteiger partial charge in [0, 0.05) is 37.6 Å². The molecule has 7 heteroatoms. The van der Waals surface area contributed by atoms with Crippen molar-refractivity contribution in [3.8, 4) is 5.75 Å². The average Bonchev–Trinajstić information content (AvgIpc) is 3.58. The van der Waals surface area contributed by atoms with Crippen molar-refractivity contribution >= 4 is 12.4 Å². The summed E-state index contributed by atoms with van der Waals surface area (Å²) in [6.07, 6.45) is 8.52. The zero-order valence-corrected chi connectivity index (χ0v) is 22.2. The molecule has 200 valence electrons. The lowest BCUT2D eigenvalue weighted by atomic mass is 9.57. The largest absolute Gasteiger partial charge is 0.493 e. The molecular formula is C29H42FNO5. The molecule has 0 aromatic heterocycles. The van der Waals surface area contributed by atoms with Crippen LogP contribution in [0.2, 0.25) is 0 Å².